The van der Waals surface area contributed by atoms with Gasteiger partial charge in [0.2, 0.25) is 0 Å². The standard InChI is InChI=1S/C13H12Cl2FNO3/c14-9-5-10(15)11(16)4-8(9)12(18)17-7-2-1-6(3-7)13(19)20/h4-7H,1-3H2,(H,17,18)(H,19,20)/t6-,7+/m1/s1. The predicted octanol–water partition coefficient (Wildman–Crippen LogP) is 3.12. The van der Waals surface area contributed by atoms with E-state index in [9.17, 15) is 14.0 Å². The molecule has 7 heteroatoms. The topological polar surface area (TPSA) is 66.4 Å². The minimum Gasteiger partial charge on any atom is -0.481 e. The second-order valence-electron chi connectivity index (χ2n) is 4.76. The molecule has 1 fully saturated rings. The Balaban J connectivity index is 2.06. The van der Waals surface area contributed by atoms with E-state index in [0.717, 1.165) is 6.07 Å². The van der Waals surface area contributed by atoms with E-state index in [1.165, 1.54) is 6.07 Å². The van der Waals surface area contributed by atoms with Crippen LogP contribution >= 0.6 is 23.2 Å². The van der Waals surface area contributed by atoms with Gasteiger partial charge >= 0.3 is 5.97 Å². The number of benzene rings is 1. The monoisotopic (exact) mass is 319 g/mol. The molecule has 0 saturated heterocycles. The van der Waals surface area contributed by atoms with Crippen molar-refractivity contribution >= 4 is 35.1 Å². The van der Waals surface area contributed by atoms with Crippen molar-refractivity contribution in [1.82, 2.24) is 5.32 Å². The largest absolute Gasteiger partial charge is 0.481 e. The molecule has 1 aliphatic rings. The van der Waals surface area contributed by atoms with Gasteiger partial charge in [0.05, 0.1) is 21.5 Å². The molecule has 1 aromatic rings. The molecule has 2 N–H and O–H groups in total. The Hall–Kier alpha value is -1.33. The average Bonchev–Trinajstić information content (AvgIpc) is 2.82. The molecule has 20 heavy (non-hydrogen) atoms. The van der Waals surface area contributed by atoms with Gasteiger partial charge in [0.25, 0.3) is 5.91 Å². The van der Waals surface area contributed by atoms with E-state index in [2.05, 4.69) is 5.32 Å². The lowest BCUT2D eigenvalue weighted by molar-refractivity contribution is -0.141. The van der Waals surface area contributed by atoms with Crippen molar-refractivity contribution in [3.63, 3.8) is 0 Å². The molecule has 108 valence electrons. The number of amides is 1. The van der Waals surface area contributed by atoms with Crippen molar-refractivity contribution in [3.05, 3.63) is 33.6 Å². The predicted molar refractivity (Wildman–Crippen MR) is 72.7 cm³/mol. The molecule has 1 aliphatic carbocycles. The minimum atomic E-state index is -0.864. The third-order valence-electron chi connectivity index (χ3n) is 3.37. The zero-order chi connectivity index (χ0) is 14.9. The van der Waals surface area contributed by atoms with E-state index in [4.69, 9.17) is 28.3 Å². The van der Waals surface area contributed by atoms with Crippen LogP contribution in [0.4, 0.5) is 4.39 Å². The summed E-state index contributed by atoms with van der Waals surface area (Å²) in [6, 6.07) is 1.91. The lowest BCUT2D eigenvalue weighted by Gasteiger charge is -2.13. The molecule has 0 radical (unpaired) electrons. The Morgan fingerprint density at radius 3 is 2.55 bits per heavy atom. The third-order valence-corrected chi connectivity index (χ3v) is 3.97. The molecule has 0 unspecified atom stereocenters. The first kappa shape index (κ1) is 15.1. The number of nitrogens with one attached hydrogen (secondary N) is 1. The first-order chi connectivity index (χ1) is 9.38. The first-order valence-electron chi connectivity index (χ1n) is 6.06. The maximum Gasteiger partial charge on any atom is 0.306 e. The molecule has 2 rings (SSSR count). The van der Waals surface area contributed by atoms with Gasteiger partial charge in [0, 0.05) is 6.04 Å². The summed E-state index contributed by atoms with van der Waals surface area (Å²) in [5.74, 6) is -2.56. The van der Waals surface area contributed by atoms with Crippen LogP contribution in [0.25, 0.3) is 0 Å². The molecule has 1 saturated carbocycles. The maximum absolute atomic E-state index is 13.4. The summed E-state index contributed by atoms with van der Waals surface area (Å²) in [4.78, 5) is 22.8. The van der Waals surface area contributed by atoms with Crippen LogP contribution in [0, 0.1) is 11.7 Å². The molecule has 1 amide bonds. The second kappa shape index (κ2) is 5.97. The van der Waals surface area contributed by atoms with Crippen LogP contribution in [0.1, 0.15) is 29.6 Å². The van der Waals surface area contributed by atoms with Gasteiger partial charge in [-0.05, 0) is 31.4 Å². The van der Waals surface area contributed by atoms with Gasteiger partial charge in [0.15, 0.2) is 0 Å². The summed E-state index contributed by atoms with van der Waals surface area (Å²) in [6.45, 7) is 0. The third kappa shape index (κ3) is 3.22. The Morgan fingerprint density at radius 1 is 1.25 bits per heavy atom. The number of rotatable bonds is 3. The van der Waals surface area contributed by atoms with Crippen LogP contribution in [-0.2, 0) is 4.79 Å². The second-order valence-corrected chi connectivity index (χ2v) is 5.58. The van der Waals surface area contributed by atoms with E-state index < -0.39 is 23.6 Å². The van der Waals surface area contributed by atoms with Crippen molar-refractivity contribution in [1.29, 1.82) is 0 Å². The highest BCUT2D eigenvalue weighted by Crippen LogP contribution is 2.27. The van der Waals surface area contributed by atoms with E-state index in [1.54, 1.807) is 0 Å². The van der Waals surface area contributed by atoms with E-state index in [1.807, 2.05) is 0 Å². The summed E-state index contributed by atoms with van der Waals surface area (Å²) < 4.78 is 13.4. The zero-order valence-electron chi connectivity index (χ0n) is 10.3. The normalized spacial score (nSPS) is 21.8. The van der Waals surface area contributed by atoms with Crippen LogP contribution in [0.5, 0.6) is 0 Å². The van der Waals surface area contributed by atoms with Gasteiger partial charge in [-0.15, -0.1) is 0 Å². The van der Waals surface area contributed by atoms with Gasteiger partial charge < -0.3 is 10.4 Å². The maximum atomic E-state index is 13.4. The Kier molecular flexibility index (Phi) is 4.50. The van der Waals surface area contributed by atoms with Crippen molar-refractivity contribution in [3.8, 4) is 0 Å². The van der Waals surface area contributed by atoms with Gasteiger partial charge in [0.1, 0.15) is 5.82 Å². The lowest BCUT2D eigenvalue weighted by Crippen LogP contribution is -2.33. The Morgan fingerprint density at radius 2 is 1.95 bits per heavy atom. The van der Waals surface area contributed by atoms with E-state index >= 15 is 0 Å². The van der Waals surface area contributed by atoms with Crippen molar-refractivity contribution in [2.24, 2.45) is 5.92 Å². The van der Waals surface area contributed by atoms with Crippen molar-refractivity contribution < 1.29 is 19.1 Å². The molecular weight excluding hydrogens is 308 g/mol. The summed E-state index contributed by atoms with van der Waals surface area (Å²) in [6.07, 6.45) is 1.47. The molecule has 0 spiro atoms. The summed E-state index contributed by atoms with van der Waals surface area (Å²) in [7, 11) is 0. The molecule has 1 aromatic carbocycles. The number of hydrogen-bond donors (Lipinski definition) is 2. The Bertz CT molecular complexity index is 565. The fourth-order valence-corrected chi connectivity index (χ4v) is 2.77. The highest BCUT2D eigenvalue weighted by molar-refractivity contribution is 6.36. The van der Waals surface area contributed by atoms with Crippen molar-refractivity contribution in [2.45, 2.75) is 25.3 Å². The highest BCUT2D eigenvalue weighted by Gasteiger charge is 2.31. The van der Waals surface area contributed by atoms with Gasteiger partial charge in [-0.25, -0.2) is 4.39 Å². The first-order valence-corrected chi connectivity index (χ1v) is 6.82. The molecule has 0 aromatic heterocycles. The smallest absolute Gasteiger partial charge is 0.306 e. The Labute approximate surface area is 124 Å². The molecule has 0 bridgehead atoms. The van der Waals surface area contributed by atoms with Crippen LogP contribution in [0.2, 0.25) is 10.0 Å². The molecular formula is C13H12Cl2FNO3. The van der Waals surface area contributed by atoms with E-state index in [0.29, 0.717) is 19.3 Å². The quantitative estimate of drug-likeness (QED) is 0.841. The molecule has 4 nitrogen and oxygen atoms in total. The highest BCUT2D eigenvalue weighted by atomic mass is 35.5. The zero-order valence-corrected chi connectivity index (χ0v) is 11.8. The summed E-state index contributed by atoms with van der Waals surface area (Å²) in [5.41, 5.74) is -0.00709. The number of halogens is 3. The van der Waals surface area contributed by atoms with Crippen LogP contribution < -0.4 is 5.32 Å². The van der Waals surface area contributed by atoms with Crippen LogP contribution in [0.15, 0.2) is 12.1 Å². The fourth-order valence-electron chi connectivity index (χ4n) is 2.30. The number of carboxylic acids is 1. The van der Waals surface area contributed by atoms with Crippen LogP contribution in [0.3, 0.4) is 0 Å². The van der Waals surface area contributed by atoms with Gasteiger partial charge in [-0.1, -0.05) is 23.2 Å². The molecule has 0 aliphatic heterocycles. The number of carbonyl (C=O) groups excluding carboxylic acids is 1. The fraction of sp³-hybridized carbons (Fsp3) is 0.385. The van der Waals surface area contributed by atoms with E-state index in [-0.39, 0.29) is 21.7 Å². The molecule has 2 atom stereocenters. The summed E-state index contributed by atoms with van der Waals surface area (Å²) in [5, 5.41) is 11.5. The van der Waals surface area contributed by atoms with Crippen molar-refractivity contribution in [2.75, 3.05) is 0 Å². The van der Waals surface area contributed by atoms with Gasteiger partial charge in [-0.3, -0.25) is 9.59 Å². The number of aliphatic carboxylic acids is 1. The number of carboxylic acid groups (broad SMARTS) is 1. The van der Waals surface area contributed by atoms with Gasteiger partial charge in [-0.2, -0.15) is 0 Å². The lowest BCUT2D eigenvalue weighted by atomic mass is 10.1. The summed E-state index contributed by atoms with van der Waals surface area (Å²) >= 11 is 11.4. The van der Waals surface area contributed by atoms with Crippen LogP contribution in [-0.4, -0.2) is 23.0 Å². The number of carbonyl (C=O) groups is 2. The molecule has 0 heterocycles. The average molecular weight is 320 g/mol. The minimum absolute atomic E-state index is 0.00709. The SMILES string of the molecule is O=C(N[C@H]1CC[C@@H](C(=O)O)C1)c1cc(F)c(Cl)cc1Cl. The number of hydrogen-bond acceptors (Lipinski definition) is 2.